The quantitative estimate of drug-likeness (QED) is 0.00847. The number of nitrogens with two attached hydrogens (primary N) is 1. The number of fused-ring (bicyclic) bond motifs is 15. The van der Waals surface area contributed by atoms with Crippen LogP contribution in [0, 0.1) is 5.92 Å². The number of phenolic OH excluding ortho intramolecular Hbond substituents is 3. The normalized spacial score (nSPS) is 24.6. The second-order valence-electron chi connectivity index (χ2n) is 35.5. The van der Waals surface area contributed by atoms with E-state index < -0.39 is 317 Å². The summed E-state index contributed by atoms with van der Waals surface area (Å²) < 4.78 is 63.0. The zero-order chi connectivity index (χ0) is 103. The summed E-state index contributed by atoms with van der Waals surface area (Å²) in [6.45, 7) is 6.69. The maximum atomic E-state index is 16.5. The molecule has 23 N–H and O–H groups in total. The Morgan fingerprint density at radius 2 is 1.33 bits per heavy atom. The summed E-state index contributed by atoms with van der Waals surface area (Å²) >= 11 is 14.4. The fourth-order valence-electron chi connectivity index (χ4n) is 17.1. The van der Waals surface area contributed by atoms with Crippen LogP contribution in [0.2, 0.25) is 10.0 Å². The number of phenols is 3. The fraction of sp³-hybridized carbons (Fsp3) is 0.489. The van der Waals surface area contributed by atoms with Gasteiger partial charge in [0.05, 0.1) is 52.9 Å². The van der Waals surface area contributed by atoms with Crippen molar-refractivity contribution in [2.45, 2.75) is 246 Å². The van der Waals surface area contributed by atoms with Gasteiger partial charge in [0.2, 0.25) is 53.4 Å². The molecule has 44 nitrogen and oxygen atoms in total. The molecule has 11 bridgehead atoms. The van der Waals surface area contributed by atoms with Crippen LogP contribution in [0.3, 0.4) is 0 Å². The predicted octanol–water partition coefficient (Wildman–Crippen LogP) is 4.24. The first-order valence-electron chi connectivity index (χ1n) is 45.8. The SMILES string of the molecule is CCCCCCCCCCNCCN(C(=O)OCc1ccc(OC(=O)CCC(C=O)P(=O)(O)O)cc1)[C@]1(C)CC(OC2C(Oc3c4cc5cc3Oc3ccc(cc3Cl)[C@H](O)C(NC(=O)C(CC(C)C)NC)C(=O)NC(CC(N)=O)C(=O)NC5C(=O)NC3C(=O)NC(C(=O)N[C@@H](C(=O)O)c5cc(O)c(CNCC=O)c(O)c5-c5cc3ccc5O)[C@H](O)c3ccc(c(Cl)c3)O4)OC(CO)C(O)C2O)OC(C)C1O. The number of hydrogen-bond acceptors (Lipinski definition) is 33. The molecule has 13 rings (SSSR count). The fourth-order valence-corrected chi connectivity index (χ4v) is 18.2. The number of primary amides is 1. The molecule has 766 valence electrons. The van der Waals surface area contributed by atoms with Crippen LogP contribution in [0.4, 0.5) is 4.79 Å². The molecule has 2 fully saturated rings. The molecule has 0 aromatic heterocycles. The smallest absolute Gasteiger partial charge is 0.410 e. The number of likely N-dealkylation sites (N-methyl/N-ethyl adjacent to an activating group) is 1. The highest BCUT2D eigenvalue weighted by Crippen LogP contribution is 2.52. The second kappa shape index (κ2) is 49.3. The van der Waals surface area contributed by atoms with Crippen molar-refractivity contribution in [2.75, 3.05) is 39.8 Å². The van der Waals surface area contributed by atoms with Crippen molar-refractivity contribution in [3.8, 4) is 62.9 Å². The van der Waals surface area contributed by atoms with E-state index in [-0.39, 0.29) is 55.1 Å². The van der Waals surface area contributed by atoms with Gasteiger partial charge in [-0.15, -0.1) is 0 Å². The first kappa shape index (κ1) is 110. The number of esters is 1. The third-order valence-electron chi connectivity index (χ3n) is 24.8. The maximum absolute atomic E-state index is 16.5. The van der Waals surface area contributed by atoms with E-state index in [1.165, 1.54) is 56.1 Å². The van der Waals surface area contributed by atoms with Gasteiger partial charge in [0.25, 0.3) is 0 Å². The third-order valence-corrected chi connectivity index (χ3v) is 26.7. The van der Waals surface area contributed by atoms with Crippen LogP contribution < -0.4 is 72.5 Å². The predicted molar refractivity (Wildman–Crippen MR) is 498 cm³/mol. The van der Waals surface area contributed by atoms with Crippen LogP contribution in [-0.2, 0) is 89.4 Å². The van der Waals surface area contributed by atoms with Gasteiger partial charge in [-0.3, -0.25) is 47.8 Å². The van der Waals surface area contributed by atoms with E-state index in [0.29, 0.717) is 18.4 Å². The van der Waals surface area contributed by atoms with E-state index in [1.54, 1.807) is 13.8 Å². The zero-order valence-electron chi connectivity index (χ0n) is 77.7. The van der Waals surface area contributed by atoms with Crippen molar-refractivity contribution in [3.63, 3.8) is 0 Å². The summed E-state index contributed by atoms with van der Waals surface area (Å²) in [6.07, 6.45) is -14.6. The highest BCUT2D eigenvalue weighted by molar-refractivity contribution is 7.53. The minimum Gasteiger partial charge on any atom is -0.507 e. The number of carboxylic acids is 1. The third kappa shape index (κ3) is 27.2. The Morgan fingerprint density at radius 1 is 0.709 bits per heavy atom. The van der Waals surface area contributed by atoms with Gasteiger partial charge in [0.15, 0.2) is 29.9 Å². The van der Waals surface area contributed by atoms with Crippen LogP contribution >= 0.6 is 30.8 Å². The summed E-state index contributed by atoms with van der Waals surface area (Å²) in [5.41, 5.74) is -1.24. The van der Waals surface area contributed by atoms with Crippen molar-refractivity contribution in [1.82, 2.24) is 52.8 Å². The average molecular weight is 2030 g/mol. The molecule has 141 heavy (non-hydrogen) atoms. The topological polar surface area (TPSA) is 676 Å². The number of amides is 8. The van der Waals surface area contributed by atoms with Crippen LogP contribution in [0.1, 0.15) is 187 Å². The maximum Gasteiger partial charge on any atom is 0.410 e. The largest absolute Gasteiger partial charge is 0.507 e. The van der Waals surface area contributed by atoms with Crippen molar-refractivity contribution in [2.24, 2.45) is 11.7 Å². The number of aldehydes is 2. The molecule has 2 saturated heterocycles. The summed E-state index contributed by atoms with van der Waals surface area (Å²) in [4.78, 5) is 191. The number of rotatable bonds is 38. The molecule has 15 unspecified atom stereocenters. The number of halogens is 2. The minimum absolute atomic E-state index is 0.0166. The number of hydrogen-bond donors (Lipinski definition) is 22. The molecule has 8 amide bonds. The lowest BCUT2D eigenvalue weighted by molar-refractivity contribution is -0.337. The first-order valence-corrected chi connectivity index (χ1v) is 48.2. The summed E-state index contributed by atoms with van der Waals surface area (Å²) in [5.74, 6) is -18.3. The summed E-state index contributed by atoms with van der Waals surface area (Å²) in [6, 6.07) is 2.92. The van der Waals surface area contributed by atoms with E-state index in [9.17, 15) is 94.2 Å². The van der Waals surface area contributed by atoms with Crippen molar-refractivity contribution in [1.29, 1.82) is 0 Å². The van der Waals surface area contributed by atoms with Crippen LogP contribution in [0.5, 0.6) is 51.7 Å². The molecular formula is C94H118Cl2N11O33P. The molecule has 0 aliphatic carbocycles. The minimum atomic E-state index is -4.86. The number of carbonyl (C=O) groups is 12. The van der Waals surface area contributed by atoms with Crippen molar-refractivity contribution in [3.05, 3.63) is 146 Å². The molecule has 19 atom stereocenters. The molecule has 0 radical (unpaired) electrons. The highest BCUT2D eigenvalue weighted by atomic mass is 35.5. The Kier molecular flexibility index (Phi) is 38.3. The number of aliphatic hydroxyl groups excluding tert-OH is 6. The van der Waals surface area contributed by atoms with Gasteiger partial charge in [-0.1, -0.05) is 119 Å². The van der Waals surface area contributed by atoms with Crippen molar-refractivity contribution < 1.29 is 161 Å². The second-order valence-corrected chi connectivity index (χ2v) is 38.2. The Balaban J connectivity index is 1.07. The molecule has 0 spiro atoms. The number of carboxylic acid groups (broad SMARTS) is 1. The number of carbonyl (C=O) groups excluding carboxylic acids is 11. The van der Waals surface area contributed by atoms with Crippen LogP contribution in [-0.4, -0.2) is 262 Å². The molecule has 7 aliphatic heterocycles. The standard InChI is InChI=1S/C94H118Cl2N11O33P/c1-7-8-9-10-11-12-13-14-27-99-28-30-107(93(129)133-44-47-15-20-52(21-16-47)135-69(114)26-22-53(42-109)141(130,131)132)94(5)40-70(134-46(4)84(94)120)139-83-81(119)80(118)67(43-110)138-92(83)140-82-65-36-51-37-66(82)137-64-25-19-50(35-58(64)96)78(116)76-90(126)104-74(91(127)128)55-38-62(112)56(41-100-29-31-108)79(117)71(55)54-33-48(17-23-61(54)111)72(87(123)106-76)103-88(124)73(51)102-86(122)60(39-68(97)113)101-89(125)75(105-85(121)59(98-6)32-45(2)3)77(115)49-18-24-63(136-65)57(95)34-49/h15-21,23-25,31,33-38,42,45-46,53,59-60,67,70,72-78,80-81,83-84,92,98-100,110-112,115-120H,7-14,22,26-30,32,39-41,43-44H2,1-6H3,(H2,97,113)(H,101,125)(H,102,122)(H,103,124)(H,104,126)(H,105,121)(H,106,123)(H,127,128)(H2,130,131,132)/t46?,53?,59?,60?,67?,70?,72?,73?,74-,75?,76?,77+,78-,80?,81?,83?,84?,92?,94-/m1/s1. The monoisotopic (exact) mass is 2030 g/mol. The molecular weight excluding hydrogens is 1910 g/mol. The lowest BCUT2D eigenvalue weighted by Gasteiger charge is -2.51. The number of ether oxygens (including phenoxy) is 8. The van der Waals surface area contributed by atoms with Crippen LogP contribution in [0.25, 0.3) is 11.1 Å². The van der Waals surface area contributed by atoms with Gasteiger partial charge in [-0.25, -0.2) is 9.59 Å². The van der Waals surface area contributed by atoms with Gasteiger partial charge in [-0.05, 0) is 147 Å². The Bertz CT molecular complexity index is 5590. The number of aromatic hydroxyl groups is 3. The number of aliphatic hydroxyl groups is 6. The van der Waals surface area contributed by atoms with E-state index in [2.05, 4.69) is 54.8 Å². The Morgan fingerprint density at radius 3 is 1.94 bits per heavy atom. The Labute approximate surface area is 818 Å². The lowest BCUT2D eigenvalue weighted by atomic mass is 9.83. The number of nitrogens with one attached hydrogen (secondary N) is 9. The summed E-state index contributed by atoms with van der Waals surface area (Å²) in [7, 11) is -3.41. The zero-order valence-corrected chi connectivity index (χ0v) is 80.1. The van der Waals surface area contributed by atoms with E-state index in [0.717, 1.165) is 118 Å². The van der Waals surface area contributed by atoms with E-state index >= 15 is 28.8 Å². The summed E-state index contributed by atoms with van der Waals surface area (Å²) in [5, 5.41) is 143. The molecule has 47 heteroatoms. The van der Waals surface area contributed by atoms with E-state index in [4.69, 9.17) is 66.8 Å². The molecule has 7 aliphatic rings. The number of unbranched alkanes of at least 4 members (excludes halogenated alkanes) is 7. The highest BCUT2D eigenvalue weighted by Gasteiger charge is 2.55. The average Bonchev–Trinajstić information content (AvgIpc) is 0.762. The van der Waals surface area contributed by atoms with Gasteiger partial charge >= 0.3 is 25.6 Å². The first-order chi connectivity index (χ1) is 67.0. The van der Waals surface area contributed by atoms with Crippen LogP contribution in [0.15, 0.2) is 97.1 Å². The van der Waals surface area contributed by atoms with Gasteiger partial charge in [-0.2, -0.15) is 0 Å². The van der Waals surface area contributed by atoms with E-state index in [1.807, 2.05) is 0 Å². The molecule has 6 aromatic carbocycles. The number of nitrogens with zero attached hydrogens (tertiary/aromatic N) is 1. The molecule has 6 aromatic rings. The molecule has 7 heterocycles. The number of benzene rings is 6. The number of aliphatic carboxylic acids is 1. The lowest BCUT2D eigenvalue weighted by Crippen LogP contribution is -2.67. The van der Waals surface area contributed by atoms with Crippen molar-refractivity contribution >= 4 is 103 Å². The molecule has 0 saturated carbocycles. The van der Waals surface area contributed by atoms with Gasteiger partial charge in [0, 0.05) is 49.2 Å². The van der Waals surface area contributed by atoms with Gasteiger partial charge in [0.1, 0.15) is 126 Å². The van der Waals surface area contributed by atoms with Gasteiger partial charge < -0.3 is 162 Å². The Hall–Kier alpha value is -11.8.